The third kappa shape index (κ3) is 1.66. The number of pyridine rings is 1. The number of fused-ring (bicyclic) bond motifs is 1. The zero-order valence-corrected chi connectivity index (χ0v) is 11.2. The minimum absolute atomic E-state index is 0.317. The predicted molar refractivity (Wildman–Crippen MR) is 71.8 cm³/mol. The lowest BCUT2D eigenvalue weighted by Crippen LogP contribution is -2.41. The Labute approximate surface area is 107 Å². The van der Waals surface area contributed by atoms with Crippen LogP contribution in [0.4, 0.5) is 0 Å². The Kier molecular flexibility index (Phi) is 2.34. The minimum Gasteiger partial charge on any atom is -0.398 e. The molecule has 0 saturated carbocycles. The van der Waals surface area contributed by atoms with Gasteiger partial charge in [0.15, 0.2) is 0 Å². The number of hydrogen-bond acceptors (Lipinski definition) is 3. The molecule has 1 saturated heterocycles. The number of nitrogens with zero attached hydrogens (tertiary/aromatic N) is 1. The van der Waals surface area contributed by atoms with Crippen LogP contribution in [0.3, 0.4) is 0 Å². The average molecular weight is 244 g/mol. The molecule has 2 aromatic rings. The van der Waals surface area contributed by atoms with E-state index in [0.717, 1.165) is 16.6 Å². The maximum atomic E-state index is 6.00. The highest BCUT2D eigenvalue weighted by Gasteiger charge is 2.52. The van der Waals surface area contributed by atoms with Crippen molar-refractivity contribution in [3.05, 3.63) is 24.4 Å². The molecule has 18 heavy (non-hydrogen) atoms. The Balaban J connectivity index is 1.97. The van der Waals surface area contributed by atoms with Crippen molar-refractivity contribution in [2.24, 2.45) is 0 Å². The monoisotopic (exact) mass is 244 g/mol. The molecular formula is C13H17BN2O2. The molecule has 1 N–H and O–H groups in total. The van der Waals surface area contributed by atoms with E-state index in [-0.39, 0.29) is 18.3 Å². The second kappa shape index (κ2) is 3.59. The van der Waals surface area contributed by atoms with Crippen molar-refractivity contribution < 1.29 is 9.31 Å². The van der Waals surface area contributed by atoms with Gasteiger partial charge in [0.1, 0.15) is 5.65 Å². The van der Waals surface area contributed by atoms with Crippen molar-refractivity contribution >= 4 is 23.7 Å². The third-order valence-corrected chi connectivity index (χ3v) is 3.92. The van der Waals surface area contributed by atoms with Crippen LogP contribution in [0, 0.1) is 0 Å². The lowest BCUT2D eigenvalue weighted by Gasteiger charge is -2.32. The molecule has 4 nitrogen and oxygen atoms in total. The topological polar surface area (TPSA) is 47.1 Å². The predicted octanol–water partition coefficient (Wildman–Crippen LogP) is 1.86. The van der Waals surface area contributed by atoms with Gasteiger partial charge >= 0.3 is 7.12 Å². The highest BCUT2D eigenvalue weighted by Crippen LogP contribution is 2.36. The van der Waals surface area contributed by atoms with Crippen LogP contribution in [0.2, 0.25) is 0 Å². The maximum Gasteiger partial charge on any atom is 0.512 e. The summed E-state index contributed by atoms with van der Waals surface area (Å²) in [5.74, 6) is 0. The minimum atomic E-state index is -0.357. The SMILES string of the molecule is CC1(C)OB(c2cc3cccnc3[nH]2)OC1(C)C. The lowest BCUT2D eigenvalue weighted by molar-refractivity contribution is 0.00578. The molecular weight excluding hydrogens is 227 g/mol. The van der Waals surface area contributed by atoms with Crippen molar-refractivity contribution in [3.63, 3.8) is 0 Å². The van der Waals surface area contributed by atoms with E-state index in [1.165, 1.54) is 0 Å². The first-order valence-electron chi connectivity index (χ1n) is 6.18. The first-order valence-corrected chi connectivity index (χ1v) is 6.18. The van der Waals surface area contributed by atoms with E-state index >= 15 is 0 Å². The van der Waals surface area contributed by atoms with Gasteiger partial charge in [0.2, 0.25) is 0 Å². The Hall–Kier alpha value is -1.33. The van der Waals surface area contributed by atoms with E-state index in [0.29, 0.717) is 0 Å². The fraction of sp³-hybridized carbons (Fsp3) is 0.462. The van der Waals surface area contributed by atoms with Crippen LogP contribution in [0.15, 0.2) is 24.4 Å². The number of H-pyrrole nitrogens is 1. The number of nitrogens with one attached hydrogen (secondary N) is 1. The van der Waals surface area contributed by atoms with E-state index < -0.39 is 0 Å². The van der Waals surface area contributed by atoms with E-state index in [4.69, 9.17) is 9.31 Å². The summed E-state index contributed by atoms with van der Waals surface area (Å²) >= 11 is 0. The van der Waals surface area contributed by atoms with Crippen LogP contribution >= 0.6 is 0 Å². The highest BCUT2D eigenvalue weighted by molar-refractivity contribution is 6.61. The number of aromatic nitrogens is 2. The van der Waals surface area contributed by atoms with Crippen LogP contribution in [-0.2, 0) is 9.31 Å². The zero-order valence-electron chi connectivity index (χ0n) is 11.2. The Bertz CT molecular complexity index is 542. The molecule has 1 aliphatic rings. The molecule has 0 bridgehead atoms. The fourth-order valence-electron chi connectivity index (χ4n) is 2.08. The van der Waals surface area contributed by atoms with Crippen molar-refractivity contribution in [1.82, 2.24) is 9.97 Å². The van der Waals surface area contributed by atoms with E-state index in [2.05, 4.69) is 9.97 Å². The summed E-state index contributed by atoms with van der Waals surface area (Å²) in [7, 11) is -0.357. The first-order chi connectivity index (χ1) is 8.39. The molecule has 0 aliphatic carbocycles. The second-order valence-electron chi connectivity index (χ2n) is 5.75. The largest absolute Gasteiger partial charge is 0.512 e. The first kappa shape index (κ1) is 11.7. The normalized spacial score (nSPS) is 21.7. The molecule has 1 fully saturated rings. The third-order valence-electron chi connectivity index (χ3n) is 3.92. The summed E-state index contributed by atoms with van der Waals surface area (Å²) in [6, 6.07) is 5.97. The molecule has 94 valence electrons. The Morgan fingerprint density at radius 3 is 2.44 bits per heavy atom. The van der Waals surface area contributed by atoms with E-state index in [1.54, 1.807) is 6.20 Å². The van der Waals surface area contributed by atoms with Crippen LogP contribution in [0.5, 0.6) is 0 Å². The molecule has 5 heteroatoms. The molecule has 0 aromatic carbocycles. The summed E-state index contributed by atoms with van der Waals surface area (Å²) in [6.45, 7) is 8.20. The van der Waals surface area contributed by atoms with Crippen LogP contribution in [0.1, 0.15) is 27.7 Å². The number of rotatable bonds is 1. The van der Waals surface area contributed by atoms with E-state index in [1.807, 2.05) is 45.9 Å². The van der Waals surface area contributed by atoms with Gasteiger partial charge in [-0.05, 0) is 45.9 Å². The van der Waals surface area contributed by atoms with Gasteiger partial charge in [-0.15, -0.1) is 0 Å². The average Bonchev–Trinajstić information content (AvgIpc) is 2.78. The van der Waals surface area contributed by atoms with Gasteiger partial charge in [0.25, 0.3) is 0 Å². The quantitative estimate of drug-likeness (QED) is 0.779. The van der Waals surface area contributed by atoms with Crippen molar-refractivity contribution in [2.45, 2.75) is 38.9 Å². The molecule has 0 amide bonds. The van der Waals surface area contributed by atoms with Crippen LogP contribution < -0.4 is 5.59 Å². The van der Waals surface area contributed by atoms with Gasteiger partial charge < -0.3 is 14.3 Å². The standard InChI is InChI=1S/C13H17BN2O2/c1-12(2)13(3,4)18-14(17-12)10-8-9-6-5-7-15-11(9)16-10/h5-8H,1-4H3,(H,15,16). The van der Waals surface area contributed by atoms with Gasteiger partial charge in [-0.3, -0.25) is 0 Å². The van der Waals surface area contributed by atoms with Crippen molar-refractivity contribution in [2.75, 3.05) is 0 Å². The maximum absolute atomic E-state index is 6.00. The highest BCUT2D eigenvalue weighted by atomic mass is 16.7. The Morgan fingerprint density at radius 2 is 1.83 bits per heavy atom. The summed E-state index contributed by atoms with van der Waals surface area (Å²) in [5, 5.41) is 1.07. The number of aromatic amines is 1. The number of hydrogen-bond donors (Lipinski definition) is 1. The summed E-state index contributed by atoms with van der Waals surface area (Å²) < 4.78 is 12.0. The molecule has 0 spiro atoms. The molecule has 0 radical (unpaired) electrons. The van der Waals surface area contributed by atoms with Crippen LogP contribution in [-0.4, -0.2) is 28.3 Å². The van der Waals surface area contributed by atoms with Crippen LogP contribution in [0.25, 0.3) is 11.0 Å². The molecule has 3 heterocycles. The smallest absolute Gasteiger partial charge is 0.398 e. The van der Waals surface area contributed by atoms with Gasteiger partial charge in [0, 0.05) is 17.2 Å². The molecule has 3 rings (SSSR count). The van der Waals surface area contributed by atoms with E-state index in [9.17, 15) is 0 Å². The van der Waals surface area contributed by atoms with Crippen molar-refractivity contribution in [3.8, 4) is 0 Å². The zero-order chi connectivity index (χ0) is 13.0. The lowest BCUT2D eigenvalue weighted by atomic mass is 9.85. The second-order valence-corrected chi connectivity index (χ2v) is 5.75. The summed E-state index contributed by atoms with van der Waals surface area (Å²) in [6.07, 6.45) is 1.77. The molecule has 0 atom stereocenters. The molecule has 1 aliphatic heterocycles. The fourth-order valence-corrected chi connectivity index (χ4v) is 2.08. The molecule has 2 aromatic heterocycles. The van der Waals surface area contributed by atoms with Gasteiger partial charge in [-0.25, -0.2) is 4.98 Å². The van der Waals surface area contributed by atoms with Gasteiger partial charge in [-0.1, -0.05) is 0 Å². The summed E-state index contributed by atoms with van der Waals surface area (Å²) in [5.41, 5.74) is 1.15. The summed E-state index contributed by atoms with van der Waals surface area (Å²) in [4.78, 5) is 7.53. The van der Waals surface area contributed by atoms with Crippen molar-refractivity contribution in [1.29, 1.82) is 0 Å². The Morgan fingerprint density at radius 1 is 1.17 bits per heavy atom. The molecule has 0 unspecified atom stereocenters. The van der Waals surface area contributed by atoms with Gasteiger partial charge in [0.05, 0.1) is 11.2 Å². The van der Waals surface area contributed by atoms with Gasteiger partial charge in [-0.2, -0.15) is 0 Å².